The van der Waals surface area contributed by atoms with Crippen molar-refractivity contribution in [2.75, 3.05) is 18.1 Å². The van der Waals surface area contributed by atoms with Crippen LogP contribution in [0.3, 0.4) is 0 Å². The Bertz CT molecular complexity index is 744. The maximum atomic E-state index is 12.3. The highest BCUT2D eigenvalue weighted by Gasteiger charge is 2.17. The van der Waals surface area contributed by atoms with E-state index in [1.165, 1.54) is 6.07 Å². The molecule has 0 heterocycles. The Morgan fingerprint density at radius 2 is 1.95 bits per heavy atom. The molecule has 2 rings (SSSR count). The average Bonchev–Trinajstić information content (AvgIpc) is 2.41. The van der Waals surface area contributed by atoms with Crippen LogP contribution < -0.4 is 10.5 Å². The quantitative estimate of drug-likeness (QED) is 0.821. The van der Waals surface area contributed by atoms with E-state index in [0.717, 1.165) is 4.47 Å². The molecule has 4 nitrogen and oxygen atoms in total. The lowest BCUT2D eigenvalue weighted by Crippen LogP contribution is -2.15. The van der Waals surface area contributed by atoms with Gasteiger partial charge in [0.2, 0.25) is 0 Å². The molecular formula is C15H16BrNO3S. The van der Waals surface area contributed by atoms with E-state index < -0.39 is 9.84 Å². The second-order valence-corrected chi connectivity index (χ2v) is 7.64. The molecule has 0 spiro atoms. The van der Waals surface area contributed by atoms with E-state index in [1.54, 1.807) is 31.2 Å². The molecule has 6 heteroatoms. The van der Waals surface area contributed by atoms with Crippen molar-refractivity contribution in [3.05, 3.63) is 52.5 Å². The zero-order chi connectivity index (χ0) is 15.5. The molecule has 0 bridgehead atoms. The average molecular weight is 370 g/mol. The summed E-state index contributed by atoms with van der Waals surface area (Å²) in [6.07, 6.45) is 0. The summed E-state index contributed by atoms with van der Waals surface area (Å²) >= 11 is 3.34. The van der Waals surface area contributed by atoms with Gasteiger partial charge in [-0.05, 0) is 42.8 Å². The molecule has 0 saturated heterocycles. The number of ether oxygens (including phenoxy) is 1. The third-order valence-corrected chi connectivity index (χ3v) is 5.27. The normalized spacial score (nSPS) is 11.3. The van der Waals surface area contributed by atoms with Gasteiger partial charge in [0.1, 0.15) is 12.4 Å². The Morgan fingerprint density at radius 3 is 2.67 bits per heavy atom. The lowest BCUT2D eigenvalue weighted by Gasteiger charge is -2.10. The largest absolute Gasteiger partial charge is 0.492 e. The van der Waals surface area contributed by atoms with Gasteiger partial charge in [0.05, 0.1) is 10.6 Å². The van der Waals surface area contributed by atoms with Gasteiger partial charge in [-0.1, -0.05) is 28.1 Å². The number of aryl methyl sites for hydroxylation is 1. The Morgan fingerprint density at radius 1 is 1.19 bits per heavy atom. The number of hydrogen-bond acceptors (Lipinski definition) is 4. The van der Waals surface area contributed by atoms with Crippen molar-refractivity contribution in [2.24, 2.45) is 0 Å². The van der Waals surface area contributed by atoms with E-state index in [4.69, 9.17) is 10.5 Å². The third-order valence-electron chi connectivity index (χ3n) is 2.96. The predicted octanol–water partition coefficient (Wildman–Crippen LogP) is 3.19. The first-order chi connectivity index (χ1) is 9.88. The van der Waals surface area contributed by atoms with Crippen LogP contribution in [0.5, 0.6) is 5.75 Å². The van der Waals surface area contributed by atoms with Crippen LogP contribution in [-0.4, -0.2) is 20.8 Å². The van der Waals surface area contributed by atoms with Gasteiger partial charge in [-0.2, -0.15) is 0 Å². The van der Waals surface area contributed by atoms with Crippen LogP contribution in [0.1, 0.15) is 5.56 Å². The molecule has 0 fully saturated rings. The molecule has 0 radical (unpaired) electrons. The van der Waals surface area contributed by atoms with Gasteiger partial charge in [0, 0.05) is 10.2 Å². The minimum atomic E-state index is -3.41. The number of nitrogens with two attached hydrogens (primary N) is 1. The summed E-state index contributed by atoms with van der Waals surface area (Å²) < 4.78 is 31.0. The summed E-state index contributed by atoms with van der Waals surface area (Å²) in [7, 11) is -3.41. The topological polar surface area (TPSA) is 69.4 Å². The Labute approximate surface area is 133 Å². The van der Waals surface area contributed by atoms with E-state index in [1.807, 2.05) is 12.1 Å². The van der Waals surface area contributed by atoms with E-state index in [9.17, 15) is 8.42 Å². The van der Waals surface area contributed by atoms with Crippen LogP contribution in [0, 0.1) is 6.92 Å². The van der Waals surface area contributed by atoms with E-state index in [2.05, 4.69) is 15.9 Å². The molecule has 0 unspecified atom stereocenters. The van der Waals surface area contributed by atoms with Crippen molar-refractivity contribution < 1.29 is 13.2 Å². The minimum Gasteiger partial charge on any atom is -0.492 e. The second-order valence-electron chi connectivity index (χ2n) is 4.65. The van der Waals surface area contributed by atoms with Crippen molar-refractivity contribution in [1.82, 2.24) is 0 Å². The summed E-state index contributed by atoms with van der Waals surface area (Å²) in [6.45, 7) is 1.84. The molecular weight excluding hydrogens is 354 g/mol. The van der Waals surface area contributed by atoms with E-state index >= 15 is 0 Å². The van der Waals surface area contributed by atoms with Crippen molar-refractivity contribution in [2.45, 2.75) is 11.8 Å². The molecule has 0 aromatic heterocycles. The van der Waals surface area contributed by atoms with E-state index in [-0.39, 0.29) is 17.3 Å². The van der Waals surface area contributed by atoms with Gasteiger partial charge < -0.3 is 10.5 Å². The SMILES string of the molecule is Cc1ccc(N)cc1S(=O)(=O)CCOc1cccc(Br)c1. The van der Waals surface area contributed by atoms with Crippen LogP contribution in [0.4, 0.5) is 5.69 Å². The monoisotopic (exact) mass is 369 g/mol. The van der Waals surface area contributed by atoms with Gasteiger partial charge in [0.25, 0.3) is 0 Å². The summed E-state index contributed by atoms with van der Waals surface area (Å²) in [6, 6.07) is 12.2. The van der Waals surface area contributed by atoms with Gasteiger partial charge in [-0.25, -0.2) is 8.42 Å². The third kappa shape index (κ3) is 4.22. The molecule has 0 amide bonds. The molecule has 0 aliphatic heterocycles. The molecule has 2 aromatic carbocycles. The molecule has 0 aliphatic carbocycles. The zero-order valence-electron chi connectivity index (χ0n) is 11.5. The second kappa shape index (κ2) is 6.49. The number of rotatable bonds is 5. The van der Waals surface area contributed by atoms with Gasteiger partial charge in [0.15, 0.2) is 9.84 Å². The fourth-order valence-electron chi connectivity index (χ4n) is 1.89. The Kier molecular flexibility index (Phi) is 4.90. The first-order valence-electron chi connectivity index (χ1n) is 6.36. The van der Waals surface area contributed by atoms with Crippen LogP contribution in [0.2, 0.25) is 0 Å². The highest BCUT2D eigenvalue weighted by molar-refractivity contribution is 9.10. The van der Waals surface area contributed by atoms with Crippen LogP contribution >= 0.6 is 15.9 Å². The number of benzene rings is 2. The smallest absolute Gasteiger partial charge is 0.182 e. The van der Waals surface area contributed by atoms with Crippen molar-refractivity contribution in [1.29, 1.82) is 0 Å². The number of sulfone groups is 1. The fourth-order valence-corrected chi connectivity index (χ4v) is 3.66. The first-order valence-corrected chi connectivity index (χ1v) is 8.80. The molecule has 0 atom stereocenters. The molecule has 0 saturated carbocycles. The summed E-state index contributed by atoms with van der Waals surface area (Å²) in [5, 5.41) is 0. The summed E-state index contributed by atoms with van der Waals surface area (Å²) in [5.74, 6) is 0.535. The van der Waals surface area contributed by atoms with Crippen LogP contribution in [-0.2, 0) is 9.84 Å². The number of halogens is 1. The molecule has 21 heavy (non-hydrogen) atoms. The highest BCUT2D eigenvalue weighted by atomic mass is 79.9. The molecule has 112 valence electrons. The van der Waals surface area contributed by atoms with Crippen molar-refractivity contribution >= 4 is 31.5 Å². The molecule has 2 aromatic rings. The Hall–Kier alpha value is -1.53. The number of hydrogen-bond donors (Lipinski definition) is 1. The van der Waals surface area contributed by atoms with Crippen molar-refractivity contribution in [3.8, 4) is 5.75 Å². The number of nitrogen functional groups attached to an aromatic ring is 1. The van der Waals surface area contributed by atoms with Crippen LogP contribution in [0.15, 0.2) is 51.8 Å². The summed E-state index contributed by atoms with van der Waals surface area (Å²) in [4.78, 5) is 0.264. The molecule has 2 N–H and O–H groups in total. The lowest BCUT2D eigenvalue weighted by atomic mass is 10.2. The lowest BCUT2D eigenvalue weighted by molar-refractivity contribution is 0.340. The first kappa shape index (κ1) is 15.9. The fraction of sp³-hybridized carbons (Fsp3) is 0.200. The molecule has 0 aliphatic rings. The maximum Gasteiger partial charge on any atom is 0.182 e. The number of anilines is 1. The van der Waals surface area contributed by atoms with E-state index in [0.29, 0.717) is 17.0 Å². The predicted molar refractivity (Wildman–Crippen MR) is 87.3 cm³/mol. The minimum absolute atomic E-state index is 0.0903. The van der Waals surface area contributed by atoms with Gasteiger partial charge in [-0.15, -0.1) is 0 Å². The van der Waals surface area contributed by atoms with Gasteiger partial charge in [-0.3, -0.25) is 0 Å². The maximum absolute atomic E-state index is 12.3. The van der Waals surface area contributed by atoms with Crippen LogP contribution in [0.25, 0.3) is 0 Å². The zero-order valence-corrected chi connectivity index (χ0v) is 13.9. The Balaban J connectivity index is 2.06. The van der Waals surface area contributed by atoms with Crippen molar-refractivity contribution in [3.63, 3.8) is 0 Å². The standard InChI is InChI=1S/C15H16BrNO3S/c1-11-5-6-13(17)10-15(11)21(18,19)8-7-20-14-4-2-3-12(16)9-14/h2-6,9-10H,7-8,17H2,1H3. The summed E-state index contributed by atoms with van der Waals surface area (Å²) in [5.41, 5.74) is 6.78. The highest BCUT2D eigenvalue weighted by Crippen LogP contribution is 2.21. The van der Waals surface area contributed by atoms with Gasteiger partial charge >= 0.3 is 0 Å².